The molecule has 0 amide bonds. The van der Waals surface area contributed by atoms with E-state index in [1.807, 2.05) is 0 Å². The zero-order chi connectivity index (χ0) is 15.5. The van der Waals surface area contributed by atoms with E-state index in [-0.39, 0.29) is 54.0 Å². The van der Waals surface area contributed by atoms with Gasteiger partial charge in [0.15, 0.2) is 0 Å². The maximum Gasteiger partial charge on any atom is 2.00 e. The van der Waals surface area contributed by atoms with E-state index in [9.17, 15) is 14.2 Å². The molecule has 2 rings (SSSR count). The second-order valence-electron chi connectivity index (χ2n) is 4.56. The number of allylic oxidation sites excluding steroid dienone is 2. The van der Waals surface area contributed by atoms with E-state index >= 15 is 0 Å². The van der Waals surface area contributed by atoms with E-state index in [2.05, 4.69) is 10.6 Å². The fourth-order valence-corrected chi connectivity index (χ4v) is 2.31. The van der Waals surface area contributed by atoms with Crippen LogP contribution in [0.2, 0.25) is 0 Å². The summed E-state index contributed by atoms with van der Waals surface area (Å²) in [6, 6.07) is 6.11. The van der Waals surface area contributed by atoms with Gasteiger partial charge in [0, 0.05) is 26.6 Å². The molecule has 1 aromatic rings. The molecular formula is C15H13ClF2INOU. The quantitative estimate of drug-likeness (QED) is 0.180. The van der Waals surface area contributed by atoms with Crippen LogP contribution < -0.4 is 4.74 Å². The molecule has 0 spiro atoms. The van der Waals surface area contributed by atoms with Crippen LogP contribution in [-0.4, -0.2) is 20.2 Å². The normalized spacial score (nSPS) is 15.1. The van der Waals surface area contributed by atoms with E-state index in [1.165, 1.54) is 12.1 Å². The largest absolute Gasteiger partial charge is 2.00 e. The molecule has 0 unspecified atom stereocenters. The number of halogens is 4. The standard InChI is InChI=1S/C15H13ClF2INO.U/c1-19-15(17,18)21-13-5-3-2-4-12(13)14(20)11(9-16)8-10-6-7-10;/h2-5,10H,1,6-7,9H2;/q-2;+2. The van der Waals surface area contributed by atoms with Gasteiger partial charge >= 0.3 is 35.2 Å². The number of alkyl halides is 4. The van der Waals surface area contributed by atoms with Crippen molar-refractivity contribution in [3.63, 3.8) is 0 Å². The molecule has 0 N–H and O–H groups in total. The second kappa shape index (κ2) is 8.91. The summed E-state index contributed by atoms with van der Waals surface area (Å²) in [5, 5.41) is 10.3. The van der Waals surface area contributed by atoms with Crippen molar-refractivity contribution in [3.8, 4) is 5.75 Å². The molecule has 0 saturated heterocycles. The topological polar surface area (TPSA) is 31.5 Å². The van der Waals surface area contributed by atoms with Crippen LogP contribution in [0.3, 0.4) is 0 Å². The van der Waals surface area contributed by atoms with Crippen molar-refractivity contribution >= 4 is 42.6 Å². The van der Waals surface area contributed by atoms with Gasteiger partial charge in [-0.2, -0.15) is 8.78 Å². The van der Waals surface area contributed by atoms with E-state index in [4.69, 9.17) is 16.3 Å². The van der Waals surface area contributed by atoms with Gasteiger partial charge in [0.1, 0.15) is 5.75 Å². The third-order valence-electron chi connectivity index (χ3n) is 2.90. The van der Waals surface area contributed by atoms with Gasteiger partial charge in [0.25, 0.3) is 0 Å². The van der Waals surface area contributed by atoms with Gasteiger partial charge in [-0.1, -0.05) is 47.0 Å². The fraction of sp³-hybridized carbons (Fsp3) is 0.333. The number of benzene rings is 1. The molecule has 1 aromatic carbocycles. The van der Waals surface area contributed by atoms with Gasteiger partial charge in [-0.3, -0.25) is 6.08 Å². The number of ether oxygens (including phenoxy) is 1. The Balaban J connectivity index is 0.00000242. The molecule has 1 aliphatic carbocycles. The van der Waals surface area contributed by atoms with Crippen LogP contribution in [0.4, 0.5) is 8.78 Å². The van der Waals surface area contributed by atoms with Crippen molar-refractivity contribution in [2.45, 2.75) is 17.0 Å². The Bertz CT molecular complexity index is 591. The predicted molar refractivity (Wildman–Crippen MR) is 90.8 cm³/mol. The molecular weight excluding hydrogens is 649 g/mol. The smallest absolute Gasteiger partial charge is 0.904 e. The minimum atomic E-state index is -3.28. The molecule has 1 fully saturated rings. The third-order valence-corrected chi connectivity index (χ3v) is 4.27. The van der Waals surface area contributed by atoms with Crippen molar-refractivity contribution in [2.75, 3.05) is 5.88 Å². The van der Waals surface area contributed by atoms with Crippen LogP contribution in [-0.2, 0) is 0 Å². The first kappa shape index (κ1) is 20.3. The van der Waals surface area contributed by atoms with Crippen molar-refractivity contribution in [1.29, 1.82) is 0 Å². The molecule has 0 atom stereocenters. The Morgan fingerprint density at radius 1 is 1.45 bits per heavy atom. The van der Waals surface area contributed by atoms with E-state index in [1.54, 1.807) is 12.1 Å². The van der Waals surface area contributed by atoms with Gasteiger partial charge in [0.05, 0.1) is 0 Å². The van der Waals surface area contributed by atoms with Crippen molar-refractivity contribution < 1.29 is 44.6 Å². The Morgan fingerprint density at radius 3 is 2.64 bits per heavy atom. The summed E-state index contributed by atoms with van der Waals surface area (Å²) in [6.45, 7) is 0. The molecule has 0 heterocycles. The summed E-state index contributed by atoms with van der Waals surface area (Å²) < 4.78 is 31.5. The van der Waals surface area contributed by atoms with Gasteiger partial charge in [0.2, 0.25) is 0 Å². The van der Waals surface area contributed by atoms with Crippen LogP contribution in [0.15, 0.2) is 29.8 Å². The summed E-state index contributed by atoms with van der Waals surface area (Å²) in [4.78, 5) is 0. The molecule has 0 aromatic heterocycles. The average Bonchev–Trinajstić information content (AvgIpc) is 3.28. The second-order valence-corrected chi connectivity index (χ2v) is 6.84. The van der Waals surface area contributed by atoms with E-state index in [0.29, 0.717) is 11.5 Å². The number of rotatable bonds is 7. The van der Waals surface area contributed by atoms with Crippen LogP contribution in [0.1, 0.15) is 18.4 Å². The van der Waals surface area contributed by atoms with Gasteiger partial charge in [-0.15, -0.1) is 11.6 Å². The first-order valence-corrected chi connectivity index (χ1v) is 9.41. The summed E-state index contributed by atoms with van der Waals surface area (Å²) in [5.74, 6) is 0.277. The number of hydrogen-bond acceptors (Lipinski definition) is 1. The van der Waals surface area contributed by atoms with Crippen molar-refractivity contribution in [2.24, 2.45) is 5.92 Å². The molecule has 0 aliphatic heterocycles. The third kappa shape index (κ3) is 5.70. The first-order chi connectivity index (χ1) is 9.96. The molecule has 1 saturated carbocycles. The van der Waals surface area contributed by atoms with Gasteiger partial charge in [-0.25, -0.2) is 5.57 Å². The maximum absolute atomic E-state index is 13.4. The Kier molecular flexibility index (Phi) is 8.21. The fourth-order valence-electron chi connectivity index (χ4n) is 1.71. The summed E-state index contributed by atoms with van der Waals surface area (Å²) in [7, 11) is 0. The van der Waals surface area contributed by atoms with Crippen LogP contribution in [0.5, 0.6) is 5.75 Å². The minimum Gasteiger partial charge on any atom is -0.904 e. The van der Waals surface area contributed by atoms with Crippen LogP contribution in [0, 0.1) is 43.1 Å². The Labute approximate surface area is 167 Å². The zero-order valence-corrected chi connectivity index (χ0v) is 18.7. The SMILES string of the molecule is C=IC(F)(F)Oc1ccccc1C(=[N-])C(=[C-]C1CC1)CCl.[U+2]. The predicted octanol–water partition coefficient (Wildman–Crippen LogP) is 4.76. The molecule has 116 valence electrons. The summed E-state index contributed by atoms with van der Waals surface area (Å²) in [6.07, 6.45) is 5.11. The number of hydrogen-bond donors (Lipinski definition) is 0. The van der Waals surface area contributed by atoms with Gasteiger partial charge < -0.3 is 15.9 Å². The van der Waals surface area contributed by atoms with Gasteiger partial charge in [-0.05, 0) is 6.07 Å². The Hall–Kier alpha value is 0.232. The molecule has 22 heavy (non-hydrogen) atoms. The summed E-state index contributed by atoms with van der Waals surface area (Å²) >= 11 is 4.16. The molecule has 0 bridgehead atoms. The molecule has 0 radical (unpaired) electrons. The molecule has 2 nitrogen and oxygen atoms in total. The maximum atomic E-state index is 13.4. The first-order valence-electron chi connectivity index (χ1n) is 6.27. The zero-order valence-electron chi connectivity index (χ0n) is 11.6. The average molecular weight is 662 g/mol. The van der Waals surface area contributed by atoms with E-state index < -0.39 is 24.8 Å². The monoisotopic (exact) mass is 661 g/mol. The van der Waals surface area contributed by atoms with Crippen LogP contribution in [0.25, 0.3) is 5.41 Å². The Morgan fingerprint density at radius 2 is 2.09 bits per heavy atom. The minimum absolute atomic E-state index is 0. The molecule has 7 heteroatoms. The van der Waals surface area contributed by atoms with Crippen molar-refractivity contribution in [1.82, 2.24) is 0 Å². The molecule has 1 aliphatic rings. The van der Waals surface area contributed by atoms with Crippen molar-refractivity contribution in [3.05, 3.63) is 46.9 Å². The summed E-state index contributed by atoms with van der Waals surface area (Å²) in [5.41, 5.74) is 0.451. The van der Waals surface area contributed by atoms with Crippen LogP contribution >= 0.6 is 32.3 Å². The number of para-hydroxylation sites is 1. The number of nitrogens with zero attached hydrogens (tertiary/aromatic N) is 1. The van der Waals surface area contributed by atoms with E-state index in [0.717, 1.165) is 12.8 Å².